The molecule has 0 aliphatic heterocycles. The number of rotatable bonds is 5. The molecule has 1 unspecified atom stereocenters. The third kappa shape index (κ3) is 3.20. The summed E-state index contributed by atoms with van der Waals surface area (Å²) in [6, 6.07) is 8.59. The number of para-hydroxylation sites is 1. The molecule has 0 radical (unpaired) electrons. The maximum absolute atomic E-state index is 11.0. The first-order valence-electron chi connectivity index (χ1n) is 7.85. The van der Waals surface area contributed by atoms with E-state index in [4.69, 9.17) is 4.18 Å². The van der Waals surface area contributed by atoms with Crippen molar-refractivity contribution in [2.45, 2.75) is 32.1 Å². The van der Waals surface area contributed by atoms with E-state index in [1.165, 1.54) is 28.6 Å². The molecular weight excluding hydrogens is 298 g/mol. The van der Waals surface area contributed by atoms with E-state index in [2.05, 4.69) is 35.9 Å². The molecule has 2 aromatic rings. The van der Waals surface area contributed by atoms with E-state index < -0.39 is 10.1 Å². The minimum atomic E-state index is -3.30. The Morgan fingerprint density at radius 3 is 2.86 bits per heavy atom. The summed E-state index contributed by atoms with van der Waals surface area (Å²) in [6.07, 6.45) is 6.32. The van der Waals surface area contributed by atoms with Crippen molar-refractivity contribution in [1.29, 1.82) is 0 Å². The summed E-state index contributed by atoms with van der Waals surface area (Å²) in [6.45, 7) is 0.303. The molecule has 5 heteroatoms. The van der Waals surface area contributed by atoms with Gasteiger partial charge in [-0.05, 0) is 49.7 Å². The topological polar surface area (TPSA) is 48.3 Å². The fourth-order valence-electron chi connectivity index (χ4n) is 3.63. The first-order valence-corrected chi connectivity index (χ1v) is 9.67. The van der Waals surface area contributed by atoms with E-state index in [1.807, 2.05) is 0 Å². The molecule has 0 amide bonds. The Balaban J connectivity index is 1.68. The van der Waals surface area contributed by atoms with Gasteiger partial charge in [0.25, 0.3) is 10.1 Å². The third-order valence-corrected chi connectivity index (χ3v) is 5.27. The fraction of sp³-hybridized carbons (Fsp3) is 0.529. The zero-order valence-corrected chi connectivity index (χ0v) is 14.0. The van der Waals surface area contributed by atoms with Crippen LogP contribution in [0.15, 0.2) is 24.3 Å². The number of fused-ring (bicyclic) bond motifs is 3. The summed E-state index contributed by atoms with van der Waals surface area (Å²) >= 11 is 0. The van der Waals surface area contributed by atoms with Crippen LogP contribution in [0, 0.1) is 5.92 Å². The van der Waals surface area contributed by atoms with E-state index >= 15 is 0 Å². The van der Waals surface area contributed by atoms with Crippen molar-refractivity contribution in [3.63, 3.8) is 0 Å². The molecule has 0 spiro atoms. The highest BCUT2D eigenvalue weighted by molar-refractivity contribution is 7.85. The number of hydrogen-bond acceptors (Lipinski definition) is 3. The third-order valence-electron chi connectivity index (χ3n) is 4.68. The molecule has 0 N–H and O–H groups in total. The second-order valence-corrected chi connectivity index (χ2v) is 7.92. The van der Waals surface area contributed by atoms with Crippen LogP contribution in [-0.2, 0) is 34.2 Å². The summed E-state index contributed by atoms with van der Waals surface area (Å²) < 4.78 is 29.1. The van der Waals surface area contributed by atoms with Crippen molar-refractivity contribution in [2.75, 3.05) is 12.9 Å². The second kappa shape index (κ2) is 6.05. The lowest BCUT2D eigenvalue weighted by Crippen LogP contribution is -2.16. The summed E-state index contributed by atoms with van der Waals surface area (Å²) in [5.74, 6) is 0.626. The summed E-state index contributed by atoms with van der Waals surface area (Å²) in [5, 5.41) is 1.37. The molecule has 0 fully saturated rings. The normalized spacial score (nSPS) is 18.5. The van der Waals surface area contributed by atoms with Crippen LogP contribution in [-0.4, -0.2) is 25.8 Å². The van der Waals surface area contributed by atoms with Gasteiger partial charge in [0, 0.05) is 23.6 Å². The summed E-state index contributed by atoms with van der Waals surface area (Å²) in [4.78, 5) is 0. The van der Waals surface area contributed by atoms with E-state index in [9.17, 15) is 8.42 Å². The first kappa shape index (κ1) is 15.6. The smallest absolute Gasteiger partial charge is 0.264 e. The lowest BCUT2D eigenvalue weighted by molar-refractivity contribution is 0.291. The van der Waals surface area contributed by atoms with Gasteiger partial charge in [0.1, 0.15) is 0 Å². The minimum absolute atomic E-state index is 0.303. The molecule has 1 aromatic carbocycles. The standard InChI is InChI=1S/C17H23NO3S/c1-18-16-8-4-3-7-14(16)15-12-13(9-10-17(15)18)6-5-11-21-22(2,19)20/h3-4,7-8,13H,5-6,9-12H2,1-2H3. The number of hydrogen-bond donors (Lipinski definition) is 0. The molecule has 4 nitrogen and oxygen atoms in total. The largest absolute Gasteiger partial charge is 0.347 e. The Labute approximate surface area is 132 Å². The van der Waals surface area contributed by atoms with Gasteiger partial charge in [-0.2, -0.15) is 8.42 Å². The van der Waals surface area contributed by atoms with E-state index in [1.54, 1.807) is 0 Å². The van der Waals surface area contributed by atoms with E-state index in [-0.39, 0.29) is 0 Å². The van der Waals surface area contributed by atoms with Crippen LogP contribution in [0.4, 0.5) is 0 Å². The van der Waals surface area contributed by atoms with Crippen molar-refractivity contribution >= 4 is 21.0 Å². The zero-order chi connectivity index (χ0) is 15.7. The van der Waals surface area contributed by atoms with Crippen molar-refractivity contribution in [2.24, 2.45) is 13.0 Å². The van der Waals surface area contributed by atoms with Crippen LogP contribution >= 0.6 is 0 Å². The Morgan fingerprint density at radius 2 is 2.09 bits per heavy atom. The van der Waals surface area contributed by atoms with Gasteiger partial charge < -0.3 is 4.57 Å². The number of aryl methyl sites for hydroxylation is 1. The van der Waals surface area contributed by atoms with Gasteiger partial charge in [0.15, 0.2) is 0 Å². The molecule has 1 aliphatic carbocycles. The van der Waals surface area contributed by atoms with Gasteiger partial charge in [-0.1, -0.05) is 18.2 Å². The van der Waals surface area contributed by atoms with E-state index in [0.29, 0.717) is 12.5 Å². The van der Waals surface area contributed by atoms with Crippen LogP contribution < -0.4 is 0 Å². The minimum Gasteiger partial charge on any atom is -0.347 e. The lowest BCUT2D eigenvalue weighted by atomic mass is 9.84. The number of aromatic nitrogens is 1. The molecule has 1 aromatic heterocycles. The van der Waals surface area contributed by atoms with Crippen molar-refractivity contribution in [3.8, 4) is 0 Å². The van der Waals surface area contributed by atoms with Gasteiger partial charge in [-0.3, -0.25) is 4.18 Å². The van der Waals surface area contributed by atoms with Gasteiger partial charge in [0.2, 0.25) is 0 Å². The Hall–Kier alpha value is -1.33. The average Bonchev–Trinajstić information content (AvgIpc) is 2.76. The lowest BCUT2D eigenvalue weighted by Gasteiger charge is -2.23. The predicted molar refractivity (Wildman–Crippen MR) is 88.5 cm³/mol. The molecule has 0 saturated heterocycles. The van der Waals surface area contributed by atoms with Crippen molar-refractivity contribution in [3.05, 3.63) is 35.5 Å². The number of benzene rings is 1. The van der Waals surface area contributed by atoms with Gasteiger partial charge in [-0.15, -0.1) is 0 Å². The van der Waals surface area contributed by atoms with Crippen molar-refractivity contribution in [1.82, 2.24) is 4.57 Å². The Morgan fingerprint density at radius 1 is 1.32 bits per heavy atom. The second-order valence-electron chi connectivity index (χ2n) is 6.28. The zero-order valence-electron chi connectivity index (χ0n) is 13.2. The molecule has 3 rings (SSSR count). The van der Waals surface area contributed by atoms with Crippen molar-refractivity contribution < 1.29 is 12.6 Å². The van der Waals surface area contributed by atoms with Gasteiger partial charge in [-0.25, -0.2) is 0 Å². The molecule has 1 atom stereocenters. The van der Waals surface area contributed by atoms with Crippen LogP contribution in [0.2, 0.25) is 0 Å². The first-order chi connectivity index (χ1) is 10.5. The average molecular weight is 321 g/mol. The Kier molecular flexibility index (Phi) is 4.28. The Bertz CT molecular complexity index is 777. The molecule has 0 saturated carbocycles. The summed E-state index contributed by atoms with van der Waals surface area (Å²) in [7, 11) is -1.15. The maximum atomic E-state index is 11.0. The quantitative estimate of drug-likeness (QED) is 0.628. The van der Waals surface area contributed by atoms with E-state index in [0.717, 1.165) is 31.9 Å². The van der Waals surface area contributed by atoms with Gasteiger partial charge >= 0.3 is 0 Å². The SMILES string of the molecule is Cn1c2c(c3ccccc31)CC(CCCOS(C)(=O)=O)CC2. The van der Waals surface area contributed by atoms with Gasteiger partial charge in [0.05, 0.1) is 12.9 Å². The molecular formula is C17H23NO3S. The highest BCUT2D eigenvalue weighted by Crippen LogP contribution is 2.35. The summed E-state index contributed by atoms with van der Waals surface area (Å²) in [5.41, 5.74) is 4.26. The molecule has 1 heterocycles. The van der Waals surface area contributed by atoms with Crippen LogP contribution in [0.5, 0.6) is 0 Å². The highest BCUT2D eigenvalue weighted by Gasteiger charge is 2.23. The highest BCUT2D eigenvalue weighted by atomic mass is 32.2. The van der Waals surface area contributed by atoms with Crippen LogP contribution in [0.1, 0.15) is 30.5 Å². The maximum Gasteiger partial charge on any atom is 0.264 e. The number of nitrogens with zero attached hydrogens (tertiary/aromatic N) is 1. The molecule has 120 valence electrons. The molecule has 0 bridgehead atoms. The predicted octanol–water partition coefficient (Wildman–Crippen LogP) is 3.04. The molecule has 22 heavy (non-hydrogen) atoms. The monoisotopic (exact) mass is 321 g/mol. The molecule has 1 aliphatic rings. The van der Waals surface area contributed by atoms with Crippen LogP contribution in [0.3, 0.4) is 0 Å². The fourth-order valence-corrected chi connectivity index (χ4v) is 4.05. The van der Waals surface area contributed by atoms with Crippen LogP contribution in [0.25, 0.3) is 10.9 Å².